The third-order valence-corrected chi connectivity index (χ3v) is 5.03. The highest BCUT2D eigenvalue weighted by Crippen LogP contribution is 2.33. The second kappa shape index (κ2) is 6.29. The Kier molecular flexibility index (Phi) is 4.97. The smallest absolute Gasteiger partial charge is 0.0642 e. The van der Waals surface area contributed by atoms with Crippen molar-refractivity contribution >= 4 is 33.2 Å². The van der Waals surface area contributed by atoms with Crippen molar-refractivity contribution in [3.8, 4) is 0 Å². The number of benzene rings is 1. The summed E-state index contributed by atoms with van der Waals surface area (Å²) in [7, 11) is 2.18. The Labute approximate surface area is 124 Å². The first-order chi connectivity index (χ1) is 8.61. The minimum atomic E-state index is 0.647. The van der Waals surface area contributed by atoms with Gasteiger partial charge in [-0.3, -0.25) is 0 Å². The molecule has 0 saturated heterocycles. The van der Waals surface area contributed by atoms with Gasteiger partial charge in [-0.1, -0.05) is 40.5 Å². The predicted molar refractivity (Wildman–Crippen MR) is 83.9 cm³/mol. The lowest BCUT2D eigenvalue weighted by atomic mass is 9.86. The Balaban J connectivity index is 2.11. The van der Waals surface area contributed by atoms with Crippen LogP contribution >= 0.6 is 27.5 Å². The van der Waals surface area contributed by atoms with Crippen LogP contribution in [0.25, 0.3) is 0 Å². The molecule has 1 aromatic rings. The molecule has 2 rings (SSSR count). The molecule has 1 saturated carbocycles. The highest BCUT2D eigenvalue weighted by atomic mass is 79.9. The summed E-state index contributed by atoms with van der Waals surface area (Å²) in [6, 6.07) is 7.01. The topological polar surface area (TPSA) is 3.24 Å². The quantitative estimate of drug-likeness (QED) is 0.684. The van der Waals surface area contributed by atoms with Crippen molar-refractivity contribution in [1.29, 1.82) is 0 Å². The summed E-state index contributed by atoms with van der Waals surface area (Å²) < 4.78 is 0. The van der Waals surface area contributed by atoms with Gasteiger partial charge in [0.15, 0.2) is 0 Å². The number of anilines is 1. The van der Waals surface area contributed by atoms with Crippen LogP contribution in [0.15, 0.2) is 18.2 Å². The van der Waals surface area contributed by atoms with Gasteiger partial charge >= 0.3 is 0 Å². The van der Waals surface area contributed by atoms with Crippen LogP contribution in [0.2, 0.25) is 5.02 Å². The van der Waals surface area contributed by atoms with Gasteiger partial charge in [0, 0.05) is 18.4 Å². The van der Waals surface area contributed by atoms with E-state index in [-0.39, 0.29) is 0 Å². The van der Waals surface area contributed by atoms with Gasteiger partial charge < -0.3 is 4.90 Å². The van der Waals surface area contributed by atoms with Crippen LogP contribution in [0.4, 0.5) is 5.69 Å². The fourth-order valence-electron chi connectivity index (χ4n) is 2.75. The average molecular weight is 331 g/mol. The van der Waals surface area contributed by atoms with Gasteiger partial charge in [0.2, 0.25) is 0 Å². The fraction of sp³-hybridized carbons (Fsp3) is 0.600. The SMILES string of the molecule is CC1CCC(N(C)c2ccc(CBr)cc2Cl)CC1. The third-order valence-electron chi connectivity index (χ3n) is 4.08. The average Bonchev–Trinajstić information content (AvgIpc) is 2.38. The van der Waals surface area contributed by atoms with E-state index in [1.807, 2.05) is 0 Å². The van der Waals surface area contributed by atoms with Crippen molar-refractivity contribution in [3.05, 3.63) is 28.8 Å². The van der Waals surface area contributed by atoms with Crippen LogP contribution in [0, 0.1) is 5.92 Å². The van der Waals surface area contributed by atoms with Crippen LogP contribution in [0.1, 0.15) is 38.2 Å². The van der Waals surface area contributed by atoms with Crippen molar-refractivity contribution in [3.63, 3.8) is 0 Å². The van der Waals surface area contributed by atoms with E-state index in [1.165, 1.54) is 36.9 Å². The molecule has 0 spiro atoms. The number of alkyl halides is 1. The second-order valence-corrected chi connectivity index (χ2v) is 6.41. The minimum Gasteiger partial charge on any atom is -0.370 e. The summed E-state index contributed by atoms with van der Waals surface area (Å²) in [5.74, 6) is 0.890. The highest BCUT2D eigenvalue weighted by Gasteiger charge is 2.22. The highest BCUT2D eigenvalue weighted by molar-refractivity contribution is 9.08. The van der Waals surface area contributed by atoms with Gasteiger partial charge in [-0.2, -0.15) is 0 Å². The minimum absolute atomic E-state index is 0.647. The second-order valence-electron chi connectivity index (χ2n) is 5.44. The largest absolute Gasteiger partial charge is 0.370 e. The van der Waals surface area contributed by atoms with Crippen molar-refractivity contribution in [2.75, 3.05) is 11.9 Å². The molecule has 1 aliphatic carbocycles. The van der Waals surface area contributed by atoms with Crippen LogP contribution in [0.5, 0.6) is 0 Å². The summed E-state index contributed by atoms with van der Waals surface area (Å²) in [6.45, 7) is 2.36. The molecule has 1 fully saturated rings. The van der Waals surface area contributed by atoms with Crippen LogP contribution < -0.4 is 4.90 Å². The fourth-order valence-corrected chi connectivity index (χ4v) is 3.43. The summed E-state index contributed by atoms with van der Waals surface area (Å²) in [5, 5.41) is 1.73. The van der Waals surface area contributed by atoms with E-state index in [4.69, 9.17) is 11.6 Å². The Morgan fingerprint density at radius 1 is 1.28 bits per heavy atom. The first kappa shape index (κ1) is 14.2. The molecule has 1 aliphatic rings. The molecule has 1 nitrogen and oxygen atoms in total. The summed E-state index contributed by atoms with van der Waals surface area (Å²) in [4.78, 5) is 2.37. The van der Waals surface area contributed by atoms with Crippen molar-refractivity contribution in [1.82, 2.24) is 0 Å². The molecule has 0 N–H and O–H groups in total. The van der Waals surface area contributed by atoms with E-state index in [2.05, 4.69) is 53.0 Å². The first-order valence-electron chi connectivity index (χ1n) is 6.69. The molecule has 0 aliphatic heterocycles. The summed E-state index contributed by atoms with van der Waals surface area (Å²) >= 11 is 9.85. The number of nitrogens with zero attached hydrogens (tertiary/aromatic N) is 1. The molecular formula is C15H21BrClN. The molecule has 18 heavy (non-hydrogen) atoms. The van der Waals surface area contributed by atoms with Crippen LogP contribution in [-0.2, 0) is 5.33 Å². The van der Waals surface area contributed by atoms with Gasteiger partial charge in [-0.15, -0.1) is 0 Å². The van der Waals surface area contributed by atoms with E-state index >= 15 is 0 Å². The van der Waals surface area contributed by atoms with Gasteiger partial charge in [0.1, 0.15) is 0 Å². The molecule has 0 heterocycles. The lowest BCUT2D eigenvalue weighted by molar-refractivity contribution is 0.341. The molecular weight excluding hydrogens is 310 g/mol. The molecule has 100 valence electrons. The van der Waals surface area contributed by atoms with E-state index in [1.54, 1.807) is 0 Å². The lowest BCUT2D eigenvalue weighted by Crippen LogP contribution is -2.34. The maximum Gasteiger partial charge on any atom is 0.0642 e. The lowest BCUT2D eigenvalue weighted by Gasteiger charge is -2.35. The maximum absolute atomic E-state index is 6.39. The Bertz CT molecular complexity index is 399. The van der Waals surface area contributed by atoms with Crippen LogP contribution in [-0.4, -0.2) is 13.1 Å². The predicted octanol–water partition coefficient (Wildman–Crippen LogP) is 5.25. The molecule has 0 bridgehead atoms. The molecule has 3 heteroatoms. The van der Waals surface area contributed by atoms with E-state index in [0.717, 1.165) is 16.3 Å². The van der Waals surface area contributed by atoms with Crippen molar-refractivity contribution in [2.24, 2.45) is 5.92 Å². The summed E-state index contributed by atoms with van der Waals surface area (Å²) in [6.07, 6.45) is 5.25. The molecule has 0 aromatic heterocycles. The molecule has 0 unspecified atom stereocenters. The molecule has 0 radical (unpaired) electrons. The Morgan fingerprint density at radius 3 is 2.50 bits per heavy atom. The zero-order valence-corrected chi connectivity index (χ0v) is 13.5. The van der Waals surface area contributed by atoms with Gasteiger partial charge in [-0.25, -0.2) is 0 Å². The van der Waals surface area contributed by atoms with E-state index in [9.17, 15) is 0 Å². The standard InChI is InChI=1S/C15H21BrClN/c1-11-3-6-13(7-4-11)18(2)15-8-5-12(10-16)9-14(15)17/h5,8-9,11,13H,3-4,6-7,10H2,1-2H3. The number of hydrogen-bond donors (Lipinski definition) is 0. The molecule has 1 aromatic carbocycles. The van der Waals surface area contributed by atoms with E-state index in [0.29, 0.717) is 6.04 Å². The maximum atomic E-state index is 6.39. The number of hydrogen-bond acceptors (Lipinski definition) is 1. The van der Waals surface area contributed by atoms with Gasteiger partial charge in [0.25, 0.3) is 0 Å². The summed E-state index contributed by atoms with van der Waals surface area (Å²) in [5.41, 5.74) is 2.40. The van der Waals surface area contributed by atoms with Crippen molar-refractivity contribution < 1.29 is 0 Å². The normalized spacial score (nSPS) is 24.0. The van der Waals surface area contributed by atoms with E-state index < -0.39 is 0 Å². The first-order valence-corrected chi connectivity index (χ1v) is 8.19. The zero-order valence-electron chi connectivity index (χ0n) is 11.1. The number of halogens is 2. The van der Waals surface area contributed by atoms with Crippen LogP contribution in [0.3, 0.4) is 0 Å². The Morgan fingerprint density at radius 2 is 1.94 bits per heavy atom. The van der Waals surface area contributed by atoms with Crippen molar-refractivity contribution in [2.45, 2.75) is 44.0 Å². The van der Waals surface area contributed by atoms with Gasteiger partial charge in [0.05, 0.1) is 10.7 Å². The number of rotatable bonds is 3. The molecule has 0 atom stereocenters. The molecule has 0 amide bonds. The zero-order chi connectivity index (χ0) is 13.1. The van der Waals surface area contributed by atoms with Gasteiger partial charge in [-0.05, 0) is 49.3 Å². The monoisotopic (exact) mass is 329 g/mol. The third kappa shape index (κ3) is 3.21. The Hall–Kier alpha value is -0.210.